The van der Waals surface area contributed by atoms with Gasteiger partial charge in [-0.3, -0.25) is 4.79 Å². The lowest BCUT2D eigenvalue weighted by molar-refractivity contribution is -0.122. The molecule has 10 heteroatoms. The highest BCUT2D eigenvalue weighted by Gasteiger charge is 2.28. The van der Waals surface area contributed by atoms with Crippen molar-refractivity contribution in [2.24, 2.45) is 0 Å². The zero-order valence-electron chi connectivity index (χ0n) is 10.2. The van der Waals surface area contributed by atoms with E-state index in [-0.39, 0.29) is 0 Å². The highest BCUT2D eigenvalue weighted by molar-refractivity contribution is 7.91. The first-order chi connectivity index (χ1) is 8.79. The Labute approximate surface area is 113 Å². The van der Waals surface area contributed by atoms with E-state index in [0.717, 1.165) is 5.51 Å². The number of amides is 1. The van der Waals surface area contributed by atoms with Crippen molar-refractivity contribution in [1.82, 2.24) is 15.0 Å². The molecule has 1 aromatic rings. The third kappa shape index (κ3) is 3.72. The van der Waals surface area contributed by atoms with Crippen molar-refractivity contribution < 1.29 is 23.1 Å². The van der Waals surface area contributed by atoms with Gasteiger partial charge in [0.05, 0.1) is 11.6 Å². The number of nitrogens with one attached hydrogen (secondary N) is 2. The number of carboxylic acid groups (broad SMARTS) is 1. The monoisotopic (exact) mass is 307 g/mol. The molecule has 0 saturated carbocycles. The predicted octanol–water partition coefficient (Wildman–Crippen LogP) is -0.356. The van der Waals surface area contributed by atoms with Crippen molar-refractivity contribution in [2.45, 2.75) is 24.1 Å². The van der Waals surface area contributed by atoms with Crippen LogP contribution in [0.15, 0.2) is 9.72 Å². The third-order valence-electron chi connectivity index (χ3n) is 2.06. The Morgan fingerprint density at radius 2 is 2.16 bits per heavy atom. The molecular weight excluding hydrogens is 294 g/mol. The van der Waals surface area contributed by atoms with Crippen molar-refractivity contribution in [3.05, 3.63) is 11.2 Å². The van der Waals surface area contributed by atoms with Crippen molar-refractivity contribution in [3.63, 3.8) is 0 Å². The van der Waals surface area contributed by atoms with Crippen LogP contribution in [0.5, 0.6) is 0 Å². The zero-order valence-corrected chi connectivity index (χ0v) is 11.8. The van der Waals surface area contributed by atoms with Crippen molar-refractivity contribution in [3.8, 4) is 0 Å². The van der Waals surface area contributed by atoms with Crippen LogP contribution in [0.25, 0.3) is 0 Å². The minimum Gasteiger partial charge on any atom is -0.476 e. The largest absolute Gasteiger partial charge is 0.476 e. The summed E-state index contributed by atoms with van der Waals surface area (Å²) in [6, 6.07) is -1.01. The normalized spacial score (nSPS) is 12.9. The summed E-state index contributed by atoms with van der Waals surface area (Å²) in [7, 11) is -4.09. The van der Waals surface area contributed by atoms with Crippen molar-refractivity contribution in [2.75, 3.05) is 6.54 Å². The molecule has 1 amide bonds. The minimum atomic E-state index is -4.09. The van der Waals surface area contributed by atoms with Gasteiger partial charge in [0.1, 0.15) is 0 Å². The topological polar surface area (TPSA) is 125 Å². The molecule has 0 bridgehead atoms. The fourth-order valence-corrected chi connectivity index (χ4v) is 3.60. The average Bonchev–Trinajstić information content (AvgIpc) is 2.78. The number of aromatic carboxylic acids is 1. The predicted molar refractivity (Wildman–Crippen MR) is 67.5 cm³/mol. The molecule has 0 aliphatic rings. The lowest BCUT2D eigenvalue weighted by Crippen LogP contribution is -2.44. The van der Waals surface area contributed by atoms with Gasteiger partial charge in [-0.15, -0.1) is 11.3 Å². The van der Waals surface area contributed by atoms with Crippen LogP contribution in [0.2, 0.25) is 0 Å². The Morgan fingerprint density at radius 3 is 2.68 bits per heavy atom. The molecule has 1 aromatic heterocycles. The number of nitrogens with zero attached hydrogens (tertiary/aromatic N) is 1. The summed E-state index contributed by atoms with van der Waals surface area (Å²) in [5, 5.41) is 11.3. The fraction of sp³-hybridized carbons (Fsp3) is 0.444. The number of aromatic nitrogens is 1. The quantitative estimate of drug-likeness (QED) is 0.659. The lowest BCUT2D eigenvalue weighted by Gasteiger charge is -2.12. The van der Waals surface area contributed by atoms with Gasteiger partial charge in [-0.25, -0.2) is 18.2 Å². The molecule has 0 spiro atoms. The molecule has 19 heavy (non-hydrogen) atoms. The first-order valence-electron chi connectivity index (χ1n) is 5.26. The van der Waals surface area contributed by atoms with Gasteiger partial charge in [-0.1, -0.05) is 0 Å². The van der Waals surface area contributed by atoms with E-state index in [4.69, 9.17) is 5.11 Å². The summed E-state index contributed by atoms with van der Waals surface area (Å²) < 4.78 is 25.6. The van der Waals surface area contributed by atoms with E-state index < -0.39 is 37.8 Å². The van der Waals surface area contributed by atoms with Crippen LogP contribution in [0.1, 0.15) is 24.3 Å². The zero-order chi connectivity index (χ0) is 14.6. The number of carbonyl (C=O) groups excluding carboxylic acids is 1. The van der Waals surface area contributed by atoms with E-state index in [1.807, 2.05) is 0 Å². The minimum absolute atomic E-state index is 0.367. The van der Waals surface area contributed by atoms with E-state index in [1.54, 1.807) is 6.92 Å². The average molecular weight is 307 g/mol. The smallest absolute Gasteiger partial charge is 0.356 e. The third-order valence-corrected chi connectivity index (χ3v) is 4.97. The number of carbonyl (C=O) groups is 2. The molecule has 1 atom stereocenters. The Hall–Kier alpha value is -1.52. The van der Waals surface area contributed by atoms with Crippen molar-refractivity contribution >= 4 is 33.2 Å². The van der Waals surface area contributed by atoms with E-state index >= 15 is 0 Å². The van der Waals surface area contributed by atoms with Gasteiger partial charge in [0.25, 0.3) is 10.0 Å². The van der Waals surface area contributed by atoms with Gasteiger partial charge >= 0.3 is 5.97 Å². The van der Waals surface area contributed by atoms with Crippen LogP contribution in [0, 0.1) is 0 Å². The van der Waals surface area contributed by atoms with Crippen LogP contribution in [0.3, 0.4) is 0 Å². The molecule has 8 nitrogen and oxygen atoms in total. The molecule has 0 fully saturated rings. The van der Waals surface area contributed by atoms with Crippen LogP contribution in [0.4, 0.5) is 0 Å². The van der Waals surface area contributed by atoms with Crippen LogP contribution < -0.4 is 10.0 Å². The second kappa shape index (κ2) is 6.08. The van der Waals surface area contributed by atoms with Gasteiger partial charge in [0.2, 0.25) is 5.91 Å². The molecule has 3 N–H and O–H groups in total. The standard InChI is InChI=1S/C9H13N3O5S2/c1-3-10-7(13)5(2)12-19(16,17)9-6(8(14)15)11-4-18-9/h4-5,12H,3H2,1-2H3,(H,10,13)(H,14,15). The maximum Gasteiger partial charge on any atom is 0.356 e. The Bertz CT molecular complexity index is 580. The number of carboxylic acids is 1. The number of hydrogen-bond donors (Lipinski definition) is 3. The summed E-state index contributed by atoms with van der Waals surface area (Å²) in [5.41, 5.74) is 0.565. The summed E-state index contributed by atoms with van der Waals surface area (Å²) in [6.45, 7) is 3.43. The molecule has 106 valence electrons. The molecular formula is C9H13N3O5S2. The van der Waals surface area contributed by atoms with E-state index in [0.29, 0.717) is 17.9 Å². The highest BCUT2D eigenvalue weighted by Crippen LogP contribution is 2.20. The number of thiazole rings is 1. The summed E-state index contributed by atoms with van der Waals surface area (Å²) in [4.78, 5) is 25.7. The first-order valence-corrected chi connectivity index (χ1v) is 7.62. The molecule has 1 heterocycles. The molecule has 1 rings (SSSR count). The molecule has 0 aromatic carbocycles. The second-order valence-corrected chi connectivity index (χ2v) is 6.30. The SMILES string of the molecule is CCNC(=O)C(C)NS(=O)(=O)c1scnc1C(=O)O. The van der Waals surface area contributed by atoms with E-state index in [2.05, 4.69) is 15.0 Å². The molecule has 0 aliphatic heterocycles. The van der Waals surface area contributed by atoms with Gasteiger partial charge in [0.15, 0.2) is 9.90 Å². The summed E-state index contributed by atoms with van der Waals surface area (Å²) in [5.74, 6) is -1.93. The van der Waals surface area contributed by atoms with Gasteiger partial charge < -0.3 is 10.4 Å². The van der Waals surface area contributed by atoms with E-state index in [1.165, 1.54) is 6.92 Å². The van der Waals surface area contributed by atoms with E-state index in [9.17, 15) is 18.0 Å². The number of sulfonamides is 1. The molecule has 0 saturated heterocycles. The number of hydrogen-bond acceptors (Lipinski definition) is 6. The van der Waals surface area contributed by atoms with Gasteiger partial charge in [0, 0.05) is 6.54 Å². The van der Waals surface area contributed by atoms with Crippen LogP contribution >= 0.6 is 11.3 Å². The maximum absolute atomic E-state index is 12.0. The van der Waals surface area contributed by atoms with Crippen LogP contribution in [-0.2, 0) is 14.8 Å². The van der Waals surface area contributed by atoms with Gasteiger partial charge in [-0.2, -0.15) is 4.72 Å². The second-order valence-electron chi connectivity index (χ2n) is 3.53. The maximum atomic E-state index is 12.0. The Kier molecular flexibility index (Phi) is 4.97. The van der Waals surface area contributed by atoms with Crippen molar-refractivity contribution in [1.29, 1.82) is 0 Å². The summed E-state index contributed by atoms with van der Waals surface area (Å²) in [6.07, 6.45) is 0. The molecule has 0 radical (unpaired) electrons. The number of rotatable bonds is 6. The summed E-state index contributed by atoms with van der Waals surface area (Å²) >= 11 is 0.678. The van der Waals surface area contributed by atoms with Gasteiger partial charge in [-0.05, 0) is 13.8 Å². The molecule has 1 unspecified atom stereocenters. The fourth-order valence-electron chi connectivity index (χ4n) is 1.24. The lowest BCUT2D eigenvalue weighted by atomic mass is 10.3. The Morgan fingerprint density at radius 1 is 1.53 bits per heavy atom. The van der Waals surface area contributed by atoms with Crippen LogP contribution in [-0.4, -0.2) is 43.0 Å². The highest BCUT2D eigenvalue weighted by atomic mass is 32.2. The number of likely N-dealkylation sites (N-methyl/N-ethyl adjacent to an activating group) is 1. The molecule has 0 aliphatic carbocycles. The first kappa shape index (κ1) is 15.5. The Balaban J connectivity index is 2.96.